The van der Waals surface area contributed by atoms with Gasteiger partial charge in [-0.05, 0) is 73.5 Å². The first-order valence-electron chi connectivity index (χ1n) is 9.51. The molecule has 0 spiro atoms. The van der Waals surface area contributed by atoms with E-state index in [2.05, 4.69) is 36.9 Å². The van der Waals surface area contributed by atoms with E-state index in [0.29, 0.717) is 22.7 Å². The molecular formula is C25H20N2O2S. The number of ether oxygens (including phenoxy) is 1. The van der Waals surface area contributed by atoms with Crippen LogP contribution in [0.15, 0.2) is 71.7 Å². The van der Waals surface area contributed by atoms with E-state index in [-0.39, 0.29) is 5.91 Å². The molecule has 4 aromatic rings. The van der Waals surface area contributed by atoms with Gasteiger partial charge in [0.2, 0.25) is 0 Å². The van der Waals surface area contributed by atoms with Crippen molar-refractivity contribution in [2.24, 2.45) is 4.99 Å². The highest BCUT2D eigenvalue weighted by Crippen LogP contribution is 2.23. The fraction of sp³-hybridized carbons (Fsp3) is 0.120. The van der Waals surface area contributed by atoms with Crippen LogP contribution in [0.1, 0.15) is 21.5 Å². The minimum absolute atomic E-state index is 0.313. The third-order valence-electron chi connectivity index (χ3n) is 4.82. The van der Waals surface area contributed by atoms with Crippen molar-refractivity contribution in [2.75, 3.05) is 0 Å². The predicted octanol–water partition coefficient (Wildman–Crippen LogP) is 5.49. The first-order valence-corrected chi connectivity index (χ1v) is 10.3. The zero-order valence-corrected chi connectivity index (χ0v) is 17.6. The molecule has 0 atom stereocenters. The second-order valence-corrected chi connectivity index (χ2v) is 7.94. The summed E-state index contributed by atoms with van der Waals surface area (Å²) in [5.74, 6) is 3.75. The number of hydrogen-bond acceptors (Lipinski definition) is 3. The maximum absolute atomic E-state index is 12.8. The van der Waals surface area contributed by atoms with Gasteiger partial charge in [-0.15, -0.1) is 6.42 Å². The highest BCUT2D eigenvalue weighted by molar-refractivity contribution is 7.16. The van der Waals surface area contributed by atoms with Crippen molar-refractivity contribution in [1.29, 1.82) is 0 Å². The molecule has 0 aliphatic rings. The molecule has 30 heavy (non-hydrogen) atoms. The fourth-order valence-electron chi connectivity index (χ4n) is 3.09. The Labute approximate surface area is 179 Å². The van der Waals surface area contributed by atoms with Crippen LogP contribution in [0.3, 0.4) is 0 Å². The Morgan fingerprint density at radius 2 is 1.70 bits per heavy atom. The van der Waals surface area contributed by atoms with Crippen LogP contribution in [0.4, 0.5) is 0 Å². The van der Waals surface area contributed by atoms with Crippen LogP contribution >= 0.6 is 11.3 Å². The summed E-state index contributed by atoms with van der Waals surface area (Å²) >= 11 is 1.47. The number of fused-ring (bicyclic) bond motifs is 1. The Hall–Kier alpha value is -3.62. The zero-order chi connectivity index (χ0) is 21.1. The van der Waals surface area contributed by atoms with Gasteiger partial charge in [-0.1, -0.05) is 35.5 Å². The van der Waals surface area contributed by atoms with Crippen LogP contribution in [0.5, 0.6) is 11.5 Å². The number of aromatic nitrogens is 1. The largest absolute Gasteiger partial charge is 0.457 e. The van der Waals surface area contributed by atoms with E-state index in [9.17, 15) is 4.79 Å². The molecule has 1 heterocycles. The molecular weight excluding hydrogens is 392 g/mol. The lowest BCUT2D eigenvalue weighted by Gasteiger charge is -2.05. The lowest BCUT2D eigenvalue weighted by molar-refractivity contribution is 0.0998. The Morgan fingerprint density at radius 1 is 1.03 bits per heavy atom. The van der Waals surface area contributed by atoms with Crippen LogP contribution in [0.25, 0.3) is 10.2 Å². The molecule has 0 saturated carbocycles. The number of rotatable bonds is 4. The lowest BCUT2D eigenvalue weighted by Crippen LogP contribution is -2.16. The van der Waals surface area contributed by atoms with Crippen LogP contribution in [0, 0.1) is 26.2 Å². The number of carbonyl (C=O) groups excluding carboxylic acids is 1. The van der Waals surface area contributed by atoms with Crippen LogP contribution in [-0.4, -0.2) is 10.5 Å². The summed E-state index contributed by atoms with van der Waals surface area (Å²) in [4.78, 5) is 17.7. The topological polar surface area (TPSA) is 43.6 Å². The molecule has 1 aromatic heterocycles. The van der Waals surface area contributed by atoms with Crippen LogP contribution < -0.4 is 9.54 Å². The summed E-state index contributed by atoms with van der Waals surface area (Å²) in [5, 5.41) is 0. The molecule has 0 radical (unpaired) electrons. The monoisotopic (exact) mass is 412 g/mol. The van der Waals surface area contributed by atoms with Crippen molar-refractivity contribution in [3.05, 3.63) is 88.2 Å². The minimum Gasteiger partial charge on any atom is -0.457 e. The third-order valence-corrected chi connectivity index (χ3v) is 5.87. The van der Waals surface area contributed by atoms with Crippen LogP contribution in [-0.2, 0) is 6.54 Å². The number of thiazole rings is 1. The van der Waals surface area contributed by atoms with E-state index < -0.39 is 0 Å². The van der Waals surface area contributed by atoms with Crippen LogP contribution in [0.2, 0.25) is 0 Å². The van der Waals surface area contributed by atoms with Gasteiger partial charge in [-0.25, -0.2) is 0 Å². The number of hydrogen-bond donors (Lipinski definition) is 0. The Morgan fingerprint density at radius 3 is 2.40 bits per heavy atom. The normalized spacial score (nSPS) is 11.4. The van der Waals surface area contributed by atoms with Crippen molar-refractivity contribution in [1.82, 2.24) is 4.57 Å². The maximum atomic E-state index is 12.8. The van der Waals surface area contributed by atoms with Gasteiger partial charge in [0.05, 0.1) is 16.8 Å². The molecule has 0 aliphatic carbocycles. The number of benzene rings is 3. The summed E-state index contributed by atoms with van der Waals surface area (Å²) in [7, 11) is 0. The first kappa shape index (κ1) is 19.7. The summed E-state index contributed by atoms with van der Waals surface area (Å²) < 4.78 is 8.75. The van der Waals surface area contributed by atoms with Gasteiger partial charge < -0.3 is 9.30 Å². The Kier molecular flexibility index (Phi) is 5.51. The number of terminal acetylenes is 1. The second kappa shape index (κ2) is 8.40. The van der Waals surface area contributed by atoms with Gasteiger partial charge >= 0.3 is 0 Å². The predicted molar refractivity (Wildman–Crippen MR) is 121 cm³/mol. The Balaban J connectivity index is 1.66. The van der Waals surface area contributed by atoms with E-state index in [1.165, 1.54) is 22.5 Å². The molecule has 0 bridgehead atoms. The number of nitrogens with zero attached hydrogens (tertiary/aromatic N) is 2. The molecule has 0 saturated heterocycles. The van der Waals surface area contributed by atoms with E-state index in [1.54, 1.807) is 24.3 Å². The molecule has 1 amide bonds. The van der Waals surface area contributed by atoms with Gasteiger partial charge in [0.15, 0.2) is 4.80 Å². The van der Waals surface area contributed by atoms with Gasteiger partial charge in [-0.2, -0.15) is 4.99 Å². The first-order chi connectivity index (χ1) is 14.5. The standard InChI is InChI=1S/C25H20N2O2S/c1-4-14-27-22-15-17(2)18(3)16-23(22)30-25(27)26-24(28)19-10-12-21(13-11-19)29-20-8-6-5-7-9-20/h1,5-13,15-16H,14H2,2-3H3. The van der Waals surface area contributed by atoms with Gasteiger partial charge in [-0.3, -0.25) is 4.79 Å². The van der Waals surface area contributed by atoms with Gasteiger partial charge in [0.1, 0.15) is 11.5 Å². The SMILES string of the molecule is C#CCn1c(=NC(=O)c2ccc(Oc3ccccc3)cc2)sc2cc(C)c(C)cc21. The van der Waals surface area contributed by atoms with E-state index >= 15 is 0 Å². The van der Waals surface area contributed by atoms with E-state index in [4.69, 9.17) is 11.2 Å². The van der Waals surface area contributed by atoms with Crippen molar-refractivity contribution in [3.63, 3.8) is 0 Å². The van der Waals surface area contributed by atoms with Crippen molar-refractivity contribution in [2.45, 2.75) is 20.4 Å². The number of para-hydroxylation sites is 1. The zero-order valence-electron chi connectivity index (χ0n) is 16.8. The van der Waals surface area contributed by atoms with E-state index in [1.807, 2.05) is 34.9 Å². The average Bonchev–Trinajstić information content (AvgIpc) is 3.06. The summed E-state index contributed by atoms with van der Waals surface area (Å²) in [5.41, 5.74) is 3.87. The molecule has 4 nitrogen and oxygen atoms in total. The second-order valence-electron chi connectivity index (χ2n) is 6.94. The molecule has 4 rings (SSSR count). The molecule has 0 aliphatic heterocycles. The highest BCUT2D eigenvalue weighted by Gasteiger charge is 2.10. The summed E-state index contributed by atoms with van der Waals surface area (Å²) in [6.45, 7) is 4.49. The highest BCUT2D eigenvalue weighted by atomic mass is 32.1. The summed E-state index contributed by atoms with van der Waals surface area (Å²) in [6.07, 6.45) is 5.56. The summed E-state index contributed by atoms with van der Waals surface area (Å²) in [6, 6.07) is 20.7. The average molecular weight is 413 g/mol. The Bertz CT molecular complexity index is 1320. The number of aryl methyl sites for hydroxylation is 2. The van der Waals surface area contributed by atoms with Crippen molar-refractivity contribution >= 4 is 27.5 Å². The maximum Gasteiger partial charge on any atom is 0.279 e. The molecule has 0 N–H and O–H groups in total. The lowest BCUT2D eigenvalue weighted by atomic mass is 10.1. The fourth-order valence-corrected chi connectivity index (χ4v) is 4.20. The minimum atomic E-state index is -0.313. The number of amides is 1. The molecule has 3 aromatic carbocycles. The molecule has 0 fully saturated rings. The molecule has 148 valence electrons. The van der Waals surface area contributed by atoms with Gasteiger partial charge in [0, 0.05) is 5.56 Å². The quantitative estimate of drug-likeness (QED) is 0.416. The van der Waals surface area contributed by atoms with Gasteiger partial charge in [0.25, 0.3) is 5.91 Å². The molecule has 5 heteroatoms. The van der Waals surface area contributed by atoms with Crippen molar-refractivity contribution in [3.8, 4) is 23.8 Å². The number of carbonyl (C=O) groups is 1. The van der Waals surface area contributed by atoms with E-state index in [0.717, 1.165) is 16.0 Å². The molecule has 0 unspecified atom stereocenters. The van der Waals surface area contributed by atoms with Crippen molar-refractivity contribution < 1.29 is 9.53 Å². The smallest absolute Gasteiger partial charge is 0.279 e. The third kappa shape index (κ3) is 4.05.